The quantitative estimate of drug-likeness (QED) is 0.931. The molecule has 2 aromatic rings. The van der Waals surface area contributed by atoms with Crippen molar-refractivity contribution in [3.05, 3.63) is 47.8 Å². The summed E-state index contributed by atoms with van der Waals surface area (Å²) in [6.07, 6.45) is 0. The van der Waals surface area contributed by atoms with E-state index < -0.39 is 11.8 Å². The number of hydrogen-bond acceptors (Lipinski definition) is 3. The monoisotopic (exact) mass is 276 g/mol. The molecular weight excluding hydrogens is 263 g/mol. The highest BCUT2D eigenvalue weighted by atomic mass is 19.1. The average Bonchev–Trinajstić information content (AvgIpc) is 2.45. The smallest absolute Gasteiger partial charge is 0.335 e. The molecule has 0 fully saturated rings. The van der Waals surface area contributed by atoms with Gasteiger partial charge in [0.05, 0.1) is 25.3 Å². The number of hydrogen-bond donors (Lipinski definition) is 1. The lowest BCUT2D eigenvalue weighted by Crippen LogP contribution is -1.99. The van der Waals surface area contributed by atoms with Gasteiger partial charge in [-0.3, -0.25) is 0 Å². The van der Waals surface area contributed by atoms with E-state index in [-0.39, 0.29) is 5.56 Å². The lowest BCUT2D eigenvalue weighted by Gasteiger charge is -2.13. The minimum Gasteiger partial charge on any atom is -0.496 e. The molecular formula is C15H13FO4. The van der Waals surface area contributed by atoms with E-state index in [0.717, 1.165) is 6.07 Å². The number of methoxy groups -OCH3 is 2. The van der Waals surface area contributed by atoms with E-state index in [1.165, 1.54) is 26.4 Å². The van der Waals surface area contributed by atoms with Gasteiger partial charge in [-0.25, -0.2) is 9.18 Å². The first kappa shape index (κ1) is 13.9. The molecule has 4 nitrogen and oxygen atoms in total. The minimum atomic E-state index is -1.19. The largest absolute Gasteiger partial charge is 0.496 e. The first-order valence-electron chi connectivity index (χ1n) is 5.82. The molecule has 0 saturated carbocycles. The Labute approximate surface area is 115 Å². The molecule has 0 bridgehead atoms. The van der Waals surface area contributed by atoms with Crippen LogP contribution in [-0.2, 0) is 0 Å². The molecule has 104 valence electrons. The van der Waals surface area contributed by atoms with E-state index in [2.05, 4.69) is 0 Å². The zero-order valence-corrected chi connectivity index (χ0v) is 11.0. The Morgan fingerprint density at radius 1 is 1.10 bits per heavy atom. The SMILES string of the molecule is COc1cccc(OC)c1-c1cc(F)cc(C(=O)O)c1. The van der Waals surface area contributed by atoms with Crippen LogP contribution in [-0.4, -0.2) is 25.3 Å². The molecule has 0 aromatic heterocycles. The molecule has 0 saturated heterocycles. The molecule has 2 aromatic carbocycles. The zero-order valence-electron chi connectivity index (χ0n) is 11.0. The highest BCUT2D eigenvalue weighted by Crippen LogP contribution is 2.38. The molecule has 20 heavy (non-hydrogen) atoms. The average molecular weight is 276 g/mol. The summed E-state index contributed by atoms with van der Waals surface area (Å²) >= 11 is 0. The minimum absolute atomic E-state index is 0.132. The van der Waals surface area contributed by atoms with Crippen molar-refractivity contribution in [2.75, 3.05) is 14.2 Å². The fourth-order valence-corrected chi connectivity index (χ4v) is 1.99. The van der Waals surface area contributed by atoms with E-state index >= 15 is 0 Å². The number of aromatic carboxylic acids is 1. The second-order valence-corrected chi connectivity index (χ2v) is 4.07. The topological polar surface area (TPSA) is 55.8 Å². The highest BCUT2D eigenvalue weighted by Gasteiger charge is 2.15. The van der Waals surface area contributed by atoms with Gasteiger partial charge in [0.2, 0.25) is 0 Å². The zero-order chi connectivity index (χ0) is 14.7. The van der Waals surface area contributed by atoms with Crippen LogP contribution in [0.15, 0.2) is 36.4 Å². The summed E-state index contributed by atoms with van der Waals surface area (Å²) in [5, 5.41) is 9.00. The van der Waals surface area contributed by atoms with Crippen molar-refractivity contribution in [1.29, 1.82) is 0 Å². The molecule has 0 aliphatic heterocycles. The van der Waals surface area contributed by atoms with Crippen LogP contribution in [0, 0.1) is 5.82 Å². The third kappa shape index (κ3) is 2.56. The van der Waals surface area contributed by atoms with Crippen LogP contribution in [0.25, 0.3) is 11.1 Å². The summed E-state index contributed by atoms with van der Waals surface area (Å²) in [4.78, 5) is 11.0. The predicted octanol–water partition coefficient (Wildman–Crippen LogP) is 3.21. The van der Waals surface area contributed by atoms with Gasteiger partial charge in [-0.1, -0.05) is 6.07 Å². The van der Waals surface area contributed by atoms with Crippen LogP contribution in [0.4, 0.5) is 4.39 Å². The molecule has 0 radical (unpaired) electrons. The van der Waals surface area contributed by atoms with Crippen LogP contribution >= 0.6 is 0 Å². The van der Waals surface area contributed by atoms with E-state index in [4.69, 9.17) is 14.6 Å². The Bertz CT molecular complexity index is 630. The number of carbonyl (C=O) groups is 1. The lowest BCUT2D eigenvalue weighted by molar-refractivity contribution is 0.0696. The van der Waals surface area contributed by atoms with Crippen molar-refractivity contribution in [3.8, 4) is 22.6 Å². The molecule has 2 rings (SSSR count). The molecule has 0 atom stereocenters. The van der Waals surface area contributed by atoms with Crippen molar-refractivity contribution in [1.82, 2.24) is 0 Å². The molecule has 5 heteroatoms. The number of carboxylic acids is 1. The number of carboxylic acid groups (broad SMARTS) is 1. The van der Waals surface area contributed by atoms with Gasteiger partial charge in [-0.05, 0) is 35.9 Å². The maximum absolute atomic E-state index is 13.6. The highest BCUT2D eigenvalue weighted by molar-refractivity contribution is 5.90. The van der Waals surface area contributed by atoms with Crippen molar-refractivity contribution >= 4 is 5.97 Å². The normalized spacial score (nSPS) is 10.2. The molecule has 0 aliphatic carbocycles. The third-order valence-electron chi connectivity index (χ3n) is 2.86. The fraction of sp³-hybridized carbons (Fsp3) is 0.133. The van der Waals surface area contributed by atoms with Gasteiger partial charge in [0, 0.05) is 0 Å². The van der Waals surface area contributed by atoms with Gasteiger partial charge in [0.15, 0.2) is 0 Å². The predicted molar refractivity (Wildman–Crippen MR) is 71.9 cm³/mol. The summed E-state index contributed by atoms with van der Waals surface area (Å²) in [6.45, 7) is 0. The maximum Gasteiger partial charge on any atom is 0.335 e. The number of halogens is 1. The molecule has 0 spiro atoms. The number of benzene rings is 2. The fourth-order valence-electron chi connectivity index (χ4n) is 1.99. The van der Waals surface area contributed by atoms with Gasteiger partial charge >= 0.3 is 5.97 Å². The maximum atomic E-state index is 13.6. The molecule has 1 N–H and O–H groups in total. The van der Waals surface area contributed by atoms with Crippen molar-refractivity contribution in [2.45, 2.75) is 0 Å². The number of rotatable bonds is 4. The Kier molecular flexibility index (Phi) is 3.89. The van der Waals surface area contributed by atoms with E-state index in [0.29, 0.717) is 22.6 Å². The van der Waals surface area contributed by atoms with Crippen LogP contribution in [0.1, 0.15) is 10.4 Å². The molecule has 0 unspecified atom stereocenters. The van der Waals surface area contributed by atoms with Crippen molar-refractivity contribution in [3.63, 3.8) is 0 Å². The van der Waals surface area contributed by atoms with Crippen molar-refractivity contribution < 1.29 is 23.8 Å². The van der Waals surface area contributed by atoms with Crippen LogP contribution in [0.2, 0.25) is 0 Å². The van der Waals surface area contributed by atoms with Gasteiger partial charge in [0.25, 0.3) is 0 Å². The second-order valence-electron chi connectivity index (χ2n) is 4.07. The van der Waals surface area contributed by atoms with Gasteiger partial charge < -0.3 is 14.6 Å². The molecule has 0 heterocycles. The molecule has 0 aliphatic rings. The summed E-state index contributed by atoms with van der Waals surface area (Å²) < 4.78 is 24.1. The van der Waals surface area contributed by atoms with Crippen LogP contribution < -0.4 is 9.47 Å². The Morgan fingerprint density at radius 2 is 1.70 bits per heavy atom. The Morgan fingerprint density at radius 3 is 2.20 bits per heavy atom. The summed E-state index contributed by atoms with van der Waals surface area (Å²) in [5.41, 5.74) is 0.768. The Balaban J connectivity index is 2.70. The second kappa shape index (κ2) is 5.61. The van der Waals surface area contributed by atoms with E-state index in [9.17, 15) is 9.18 Å². The van der Waals surface area contributed by atoms with E-state index in [1.54, 1.807) is 18.2 Å². The third-order valence-corrected chi connectivity index (χ3v) is 2.86. The first-order valence-corrected chi connectivity index (χ1v) is 5.82. The first-order chi connectivity index (χ1) is 9.56. The van der Waals surface area contributed by atoms with Gasteiger partial charge in [-0.2, -0.15) is 0 Å². The summed E-state index contributed by atoms with van der Waals surface area (Å²) in [7, 11) is 2.96. The van der Waals surface area contributed by atoms with Gasteiger partial charge in [-0.15, -0.1) is 0 Å². The Hall–Kier alpha value is -2.56. The van der Waals surface area contributed by atoms with Crippen LogP contribution in [0.5, 0.6) is 11.5 Å². The van der Waals surface area contributed by atoms with E-state index in [1.807, 2.05) is 0 Å². The molecule has 0 amide bonds. The summed E-state index contributed by atoms with van der Waals surface area (Å²) in [5.74, 6) is -0.870. The number of ether oxygens (including phenoxy) is 2. The van der Waals surface area contributed by atoms with Gasteiger partial charge in [0.1, 0.15) is 17.3 Å². The van der Waals surface area contributed by atoms with Crippen molar-refractivity contribution in [2.24, 2.45) is 0 Å². The van der Waals surface area contributed by atoms with Crippen LogP contribution in [0.3, 0.4) is 0 Å². The lowest BCUT2D eigenvalue weighted by atomic mass is 10.0. The summed E-state index contributed by atoms with van der Waals surface area (Å²) in [6, 6.07) is 8.72. The standard InChI is InChI=1S/C15H13FO4/c1-19-12-4-3-5-13(20-2)14(12)9-6-10(15(17)18)8-11(16)7-9/h3-8H,1-2H3,(H,17,18).